The van der Waals surface area contributed by atoms with Crippen molar-refractivity contribution in [2.45, 2.75) is 13.1 Å². The number of carbonyl (C=O) groups excluding carboxylic acids is 1. The monoisotopic (exact) mass is 451 g/mol. The molecule has 7 heteroatoms. The first-order valence-corrected chi connectivity index (χ1v) is 11.1. The van der Waals surface area contributed by atoms with Crippen LogP contribution in [0.15, 0.2) is 89.7 Å². The molecule has 0 aliphatic carbocycles. The van der Waals surface area contributed by atoms with E-state index in [1.165, 1.54) is 0 Å². The SMILES string of the molecule is CN(C)Cc1ccccc1NC(=O)c1cc(-c2ccccc2)nc2c1cnn2Cc1ccco1. The average Bonchev–Trinajstić information content (AvgIpc) is 3.50. The molecule has 5 aromatic rings. The summed E-state index contributed by atoms with van der Waals surface area (Å²) in [7, 11) is 4.01. The lowest BCUT2D eigenvalue weighted by atomic mass is 10.1. The van der Waals surface area contributed by atoms with E-state index in [2.05, 4.69) is 15.3 Å². The van der Waals surface area contributed by atoms with Crippen LogP contribution in [-0.4, -0.2) is 39.7 Å². The van der Waals surface area contributed by atoms with Gasteiger partial charge in [0.2, 0.25) is 0 Å². The zero-order valence-electron chi connectivity index (χ0n) is 19.1. The predicted octanol–water partition coefficient (Wildman–Crippen LogP) is 5.05. The quantitative estimate of drug-likeness (QED) is 0.375. The van der Waals surface area contributed by atoms with Crippen molar-refractivity contribution >= 4 is 22.6 Å². The Hall–Kier alpha value is -4.23. The number of carbonyl (C=O) groups is 1. The van der Waals surface area contributed by atoms with Gasteiger partial charge in [0.1, 0.15) is 12.3 Å². The smallest absolute Gasteiger partial charge is 0.256 e. The number of benzene rings is 2. The van der Waals surface area contributed by atoms with Crippen molar-refractivity contribution in [3.63, 3.8) is 0 Å². The summed E-state index contributed by atoms with van der Waals surface area (Å²) >= 11 is 0. The molecule has 1 N–H and O–H groups in total. The molecule has 0 bridgehead atoms. The van der Waals surface area contributed by atoms with E-state index < -0.39 is 0 Å². The third kappa shape index (κ3) is 4.46. The Morgan fingerprint density at radius 2 is 1.82 bits per heavy atom. The van der Waals surface area contributed by atoms with Gasteiger partial charge in [-0.2, -0.15) is 5.10 Å². The van der Waals surface area contributed by atoms with E-state index >= 15 is 0 Å². The maximum Gasteiger partial charge on any atom is 0.256 e. The molecule has 0 fully saturated rings. The Balaban J connectivity index is 1.58. The standard InChI is InChI=1S/C27H25N5O2/c1-31(2)17-20-11-6-7-13-24(20)30-27(33)22-15-25(19-9-4-3-5-10-19)29-26-23(22)16-28-32(26)18-21-12-8-14-34-21/h3-16H,17-18H2,1-2H3,(H,30,33). The van der Waals surface area contributed by atoms with Crippen LogP contribution in [0.1, 0.15) is 21.7 Å². The largest absolute Gasteiger partial charge is 0.467 e. The van der Waals surface area contributed by atoms with E-state index in [-0.39, 0.29) is 5.91 Å². The molecule has 0 spiro atoms. The van der Waals surface area contributed by atoms with E-state index in [1.54, 1.807) is 17.1 Å². The number of nitrogens with one attached hydrogen (secondary N) is 1. The minimum atomic E-state index is -0.201. The van der Waals surface area contributed by atoms with Gasteiger partial charge in [0.15, 0.2) is 5.65 Å². The highest BCUT2D eigenvalue weighted by atomic mass is 16.3. The topological polar surface area (TPSA) is 76.2 Å². The Morgan fingerprint density at radius 3 is 2.59 bits per heavy atom. The molecule has 7 nitrogen and oxygen atoms in total. The van der Waals surface area contributed by atoms with Gasteiger partial charge in [-0.25, -0.2) is 9.67 Å². The van der Waals surface area contributed by atoms with Crippen LogP contribution in [0.4, 0.5) is 5.69 Å². The van der Waals surface area contributed by atoms with Crippen molar-refractivity contribution in [3.05, 3.63) is 102 Å². The lowest BCUT2D eigenvalue weighted by Gasteiger charge is -2.15. The van der Waals surface area contributed by atoms with Gasteiger partial charge in [0.05, 0.1) is 29.1 Å². The maximum atomic E-state index is 13.6. The van der Waals surface area contributed by atoms with Crippen molar-refractivity contribution in [1.29, 1.82) is 0 Å². The highest BCUT2D eigenvalue weighted by molar-refractivity contribution is 6.12. The van der Waals surface area contributed by atoms with Crippen LogP contribution in [0.5, 0.6) is 0 Å². The molecular formula is C27H25N5O2. The van der Waals surface area contributed by atoms with Crippen molar-refractivity contribution in [2.24, 2.45) is 0 Å². The first kappa shape index (κ1) is 21.6. The summed E-state index contributed by atoms with van der Waals surface area (Å²) in [5.41, 5.74) is 4.62. The van der Waals surface area contributed by atoms with Gasteiger partial charge in [0.25, 0.3) is 5.91 Å². The fourth-order valence-electron chi connectivity index (χ4n) is 3.97. The zero-order chi connectivity index (χ0) is 23.5. The summed E-state index contributed by atoms with van der Waals surface area (Å²) in [6.07, 6.45) is 3.33. The van der Waals surface area contributed by atoms with Crippen LogP contribution >= 0.6 is 0 Å². The molecule has 0 aliphatic rings. The van der Waals surface area contributed by atoms with Gasteiger partial charge in [0, 0.05) is 17.8 Å². The number of pyridine rings is 1. The second kappa shape index (κ2) is 9.33. The number of amides is 1. The van der Waals surface area contributed by atoms with E-state index in [4.69, 9.17) is 9.40 Å². The van der Waals surface area contributed by atoms with Gasteiger partial charge < -0.3 is 14.6 Å². The van der Waals surface area contributed by atoms with Gasteiger partial charge in [-0.05, 0) is 43.9 Å². The first-order chi connectivity index (χ1) is 16.6. The van der Waals surface area contributed by atoms with Crippen LogP contribution in [0.25, 0.3) is 22.3 Å². The van der Waals surface area contributed by atoms with Gasteiger partial charge in [-0.1, -0.05) is 48.5 Å². The maximum absolute atomic E-state index is 13.6. The number of para-hydroxylation sites is 1. The molecule has 5 rings (SSSR count). The minimum absolute atomic E-state index is 0.201. The number of rotatable bonds is 7. The van der Waals surface area contributed by atoms with Crippen molar-refractivity contribution in [3.8, 4) is 11.3 Å². The molecular weight excluding hydrogens is 426 g/mol. The normalized spacial score (nSPS) is 11.3. The molecule has 3 aromatic heterocycles. The lowest BCUT2D eigenvalue weighted by Crippen LogP contribution is -2.17. The second-order valence-electron chi connectivity index (χ2n) is 8.39. The van der Waals surface area contributed by atoms with Crippen LogP contribution in [0, 0.1) is 0 Å². The third-order valence-corrected chi connectivity index (χ3v) is 5.56. The molecule has 2 aromatic carbocycles. The minimum Gasteiger partial charge on any atom is -0.467 e. The van der Waals surface area contributed by atoms with Gasteiger partial charge in [-0.3, -0.25) is 4.79 Å². The molecule has 170 valence electrons. The highest BCUT2D eigenvalue weighted by Crippen LogP contribution is 2.27. The highest BCUT2D eigenvalue weighted by Gasteiger charge is 2.19. The summed E-state index contributed by atoms with van der Waals surface area (Å²) in [6, 6.07) is 23.2. The van der Waals surface area contributed by atoms with Crippen molar-refractivity contribution in [2.75, 3.05) is 19.4 Å². The molecule has 0 unspecified atom stereocenters. The first-order valence-electron chi connectivity index (χ1n) is 11.1. The molecule has 0 radical (unpaired) electrons. The molecule has 0 atom stereocenters. The number of anilines is 1. The summed E-state index contributed by atoms with van der Waals surface area (Å²) in [4.78, 5) is 20.5. The van der Waals surface area contributed by atoms with Gasteiger partial charge >= 0.3 is 0 Å². The molecule has 34 heavy (non-hydrogen) atoms. The summed E-state index contributed by atoms with van der Waals surface area (Å²) in [5.74, 6) is 0.564. The van der Waals surface area contributed by atoms with Crippen LogP contribution in [0.2, 0.25) is 0 Å². The summed E-state index contributed by atoms with van der Waals surface area (Å²) in [6.45, 7) is 1.15. The number of nitrogens with zero attached hydrogens (tertiary/aromatic N) is 4. The molecule has 1 amide bonds. The number of aromatic nitrogens is 3. The second-order valence-corrected chi connectivity index (χ2v) is 8.39. The Labute approximate surface area is 197 Å². The van der Waals surface area contributed by atoms with Crippen LogP contribution < -0.4 is 5.32 Å². The number of fused-ring (bicyclic) bond motifs is 1. The molecule has 3 heterocycles. The number of hydrogen-bond acceptors (Lipinski definition) is 5. The number of hydrogen-bond donors (Lipinski definition) is 1. The Morgan fingerprint density at radius 1 is 1.03 bits per heavy atom. The average molecular weight is 452 g/mol. The van der Waals surface area contributed by atoms with E-state index in [1.807, 2.05) is 86.9 Å². The zero-order valence-corrected chi connectivity index (χ0v) is 19.1. The summed E-state index contributed by atoms with van der Waals surface area (Å²) < 4.78 is 7.26. The summed E-state index contributed by atoms with van der Waals surface area (Å²) in [5, 5.41) is 8.32. The van der Waals surface area contributed by atoms with Gasteiger partial charge in [-0.15, -0.1) is 0 Å². The third-order valence-electron chi connectivity index (χ3n) is 5.56. The fourth-order valence-corrected chi connectivity index (χ4v) is 3.97. The lowest BCUT2D eigenvalue weighted by molar-refractivity contribution is 0.102. The Bertz CT molecular complexity index is 1420. The Kier molecular flexibility index (Phi) is 5.93. The van der Waals surface area contributed by atoms with Crippen molar-refractivity contribution < 1.29 is 9.21 Å². The molecule has 0 saturated carbocycles. The van der Waals surface area contributed by atoms with Crippen LogP contribution in [-0.2, 0) is 13.1 Å². The fraction of sp³-hybridized carbons (Fsp3) is 0.148. The van der Waals surface area contributed by atoms with Crippen LogP contribution in [0.3, 0.4) is 0 Å². The van der Waals surface area contributed by atoms with E-state index in [0.29, 0.717) is 28.8 Å². The molecule has 0 aliphatic heterocycles. The van der Waals surface area contributed by atoms with E-state index in [9.17, 15) is 4.79 Å². The number of furan rings is 1. The molecule has 0 saturated heterocycles. The predicted molar refractivity (Wildman–Crippen MR) is 133 cm³/mol. The van der Waals surface area contributed by atoms with Crippen molar-refractivity contribution in [1.82, 2.24) is 19.7 Å². The van der Waals surface area contributed by atoms with E-state index in [0.717, 1.165) is 29.1 Å².